The number of hydrogen-bond donors (Lipinski definition) is 2. The molecule has 4 nitrogen and oxygen atoms in total. The van der Waals surface area contributed by atoms with Crippen LogP contribution >= 0.6 is 0 Å². The Morgan fingerprint density at radius 1 is 1.00 bits per heavy atom. The minimum absolute atomic E-state index is 0.255. The molecule has 0 bridgehead atoms. The Labute approximate surface area is 154 Å². The summed E-state index contributed by atoms with van der Waals surface area (Å²) in [4.78, 5) is 4.37. The van der Waals surface area contributed by atoms with E-state index in [0.717, 1.165) is 28.3 Å². The van der Waals surface area contributed by atoms with Gasteiger partial charge >= 0.3 is 0 Å². The van der Waals surface area contributed by atoms with Gasteiger partial charge in [-0.3, -0.25) is 5.41 Å². The molecule has 26 heavy (non-hydrogen) atoms. The number of nitrogens with one attached hydrogen (secondary N) is 2. The minimum Gasteiger partial charge on any atom is -0.489 e. The molecule has 0 saturated heterocycles. The number of benzene rings is 2. The summed E-state index contributed by atoms with van der Waals surface area (Å²) in [6, 6.07) is 21.7. The van der Waals surface area contributed by atoms with Crippen molar-refractivity contribution < 1.29 is 4.74 Å². The van der Waals surface area contributed by atoms with E-state index in [2.05, 4.69) is 24.1 Å². The van der Waals surface area contributed by atoms with Crippen LogP contribution in [0.15, 0.2) is 72.9 Å². The number of aromatic nitrogens is 1. The third kappa shape index (κ3) is 4.48. The van der Waals surface area contributed by atoms with Gasteiger partial charge in [-0.2, -0.15) is 0 Å². The fourth-order valence-corrected chi connectivity index (χ4v) is 2.61. The molecule has 0 saturated carbocycles. The van der Waals surface area contributed by atoms with Crippen LogP contribution in [0.5, 0.6) is 5.75 Å². The van der Waals surface area contributed by atoms with Crippen LogP contribution in [-0.4, -0.2) is 16.7 Å². The Morgan fingerprint density at radius 3 is 2.42 bits per heavy atom. The van der Waals surface area contributed by atoms with Crippen molar-refractivity contribution in [1.82, 2.24) is 4.98 Å². The van der Waals surface area contributed by atoms with Crippen molar-refractivity contribution in [3.63, 3.8) is 0 Å². The molecule has 3 rings (SSSR count). The molecule has 0 aliphatic heterocycles. The van der Waals surface area contributed by atoms with Crippen LogP contribution in [0.4, 0.5) is 5.82 Å². The standard InChI is InChI=1S/C22H23N3O/c1-16(2)25-22-20(9-6-14-24-22)21(23)18-10-12-19(13-11-18)26-15-17-7-4-3-5-8-17/h3-14,16,23H,15H2,1-2H3,(H,24,25). The number of anilines is 1. The van der Waals surface area contributed by atoms with Crippen LogP contribution in [-0.2, 0) is 6.61 Å². The molecule has 3 aromatic rings. The molecule has 2 aromatic carbocycles. The highest BCUT2D eigenvalue weighted by Crippen LogP contribution is 2.20. The first-order valence-corrected chi connectivity index (χ1v) is 8.71. The fourth-order valence-electron chi connectivity index (χ4n) is 2.61. The topological polar surface area (TPSA) is 58.0 Å². The molecular weight excluding hydrogens is 322 g/mol. The van der Waals surface area contributed by atoms with E-state index in [-0.39, 0.29) is 6.04 Å². The molecule has 0 amide bonds. The number of rotatable bonds is 7. The second-order valence-corrected chi connectivity index (χ2v) is 6.37. The van der Waals surface area contributed by atoms with Gasteiger partial charge in [0.2, 0.25) is 0 Å². The van der Waals surface area contributed by atoms with Crippen molar-refractivity contribution in [3.05, 3.63) is 89.6 Å². The Balaban J connectivity index is 1.71. The van der Waals surface area contributed by atoms with Gasteiger partial charge in [0.1, 0.15) is 18.2 Å². The number of ether oxygens (including phenoxy) is 1. The first-order chi connectivity index (χ1) is 12.6. The Morgan fingerprint density at radius 2 is 1.73 bits per heavy atom. The summed E-state index contributed by atoms with van der Waals surface area (Å²) in [6.45, 7) is 4.64. The average Bonchev–Trinajstić information content (AvgIpc) is 2.67. The van der Waals surface area contributed by atoms with Crippen LogP contribution in [0.2, 0.25) is 0 Å². The summed E-state index contributed by atoms with van der Waals surface area (Å²) >= 11 is 0. The van der Waals surface area contributed by atoms with Crippen LogP contribution in [0.3, 0.4) is 0 Å². The maximum Gasteiger partial charge on any atom is 0.135 e. The quantitative estimate of drug-likeness (QED) is 0.599. The summed E-state index contributed by atoms with van der Waals surface area (Å²) < 4.78 is 5.81. The predicted molar refractivity (Wildman–Crippen MR) is 106 cm³/mol. The third-order valence-corrected chi connectivity index (χ3v) is 3.89. The first kappa shape index (κ1) is 17.7. The summed E-state index contributed by atoms with van der Waals surface area (Å²) in [7, 11) is 0. The van der Waals surface area contributed by atoms with Crippen molar-refractivity contribution in [2.45, 2.75) is 26.5 Å². The molecule has 0 aliphatic rings. The molecule has 0 unspecified atom stereocenters. The molecule has 0 aliphatic carbocycles. The van der Waals surface area contributed by atoms with Crippen molar-refractivity contribution in [2.75, 3.05) is 5.32 Å². The molecule has 1 heterocycles. The van der Waals surface area contributed by atoms with E-state index in [1.807, 2.05) is 66.7 Å². The summed E-state index contributed by atoms with van der Waals surface area (Å²) in [5, 5.41) is 11.8. The van der Waals surface area contributed by atoms with E-state index in [9.17, 15) is 0 Å². The molecule has 132 valence electrons. The van der Waals surface area contributed by atoms with Gasteiger partial charge in [-0.25, -0.2) is 4.98 Å². The first-order valence-electron chi connectivity index (χ1n) is 8.71. The highest BCUT2D eigenvalue weighted by atomic mass is 16.5. The van der Waals surface area contributed by atoms with E-state index in [4.69, 9.17) is 10.1 Å². The zero-order valence-corrected chi connectivity index (χ0v) is 15.1. The largest absolute Gasteiger partial charge is 0.489 e. The van der Waals surface area contributed by atoms with Gasteiger partial charge in [-0.05, 0) is 55.8 Å². The minimum atomic E-state index is 0.255. The van der Waals surface area contributed by atoms with Crippen molar-refractivity contribution in [2.24, 2.45) is 0 Å². The second kappa shape index (κ2) is 8.30. The second-order valence-electron chi connectivity index (χ2n) is 6.37. The van der Waals surface area contributed by atoms with E-state index < -0.39 is 0 Å². The molecule has 0 fully saturated rings. The number of pyridine rings is 1. The molecule has 0 radical (unpaired) electrons. The molecule has 0 atom stereocenters. The van der Waals surface area contributed by atoms with E-state index in [0.29, 0.717) is 12.3 Å². The zero-order chi connectivity index (χ0) is 18.4. The SMILES string of the molecule is CC(C)Nc1ncccc1C(=N)c1ccc(OCc2ccccc2)cc1. The van der Waals surface area contributed by atoms with Gasteiger partial charge < -0.3 is 10.1 Å². The smallest absolute Gasteiger partial charge is 0.135 e. The predicted octanol–water partition coefficient (Wildman–Crippen LogP) is 4.90. The molecule has 4 heteroatoms. The molecule has 1 aromatic heterocycles. The molecule has 2 N–H and O–H groups in total. The third-order valence-electron chi connectivity index (χ3n) is 3.89. The van der Waals surface area contributed by atoms with Crippen LogP contribution in [0.1, 0.15) is 30.5 Å². The van der Waals surface area contributed by atoms with Gasteiger partial charge in [0, 0.05) is 23.4 Å². The van der Waals surface area contributed by atoms with E-state index in [1.165, 1.54) is 0 Å². The lowest BCUT2D eigenvalue weighted by Gasteiger charge is -2.14. The van der Waals surface area contributed by atoms with Gasteiger partial charge in [0.25, 0.3) is 0 Å². The van der Waals surface area contributed by atoms with Crippen LogP contribution in [0.25, 0.3) is 0 Å². The Kier molecular flexibility index (Phi) is 5.64. The molecular formula is C22H23N3O. The summed E-state index contributed by atoms with van der Waals surface area (Å²) in [6.07, 6.45) is 1.74. The summed E-state index contributed by atoms with van der Waals surface area (Å²) in [5.41, 5.74) is 3.19. The normalized spacial score (nSPS) is 10.6. The van der Waals surface area contributed by atoms with E-state index in [1.54, 1.807) is 6.20 Å². The Hall–Kier alpha value is -3.14. The van der Waals surface area contributed by atoms with Crippen LogP contribution in [0, 0.1) is 5.41 Å². The van der Waals surface area contributed by atoms with Gasteiger partial charge in [0.05, 0.1) is 5.71 Å². The zero-order valence-electron chi connectivity index (χ0n) is 15.1. The lowest BCUT2D eigenvalue weighted by atomic mass is 10.0. The number of nitrogens with zero attached hydrogens (tertiary/aromatic N) is 1. The summed E-state index contributed by atoms with van der Waals surface area (Å²) in [5.74, 6) is 1.52. The van der Waals surface area contributed by atoms with E-state index >= 15 is 0 Å². The van der Waals surface area contributed by atoms with Gasteiger partial charge in [-0.15, -0.1) is 0 Å². The van der Waals surface area contributed by atoms with Crippen molar-refractivity contribution in [1.29, 1.82) is 5.41 Å². The van der Waals surface area contributed by atoms with Crippen molar-refractivity contribution >= 4 is 11.5 Å². The number of hydrogen-bond acceptors (Lipinski definition) is 4. The van der Waals surface area contributed by atoms with Crippen molar-refractivity contribution in [3.8, 4) is 5.75 Å². The fraction of sp³-hybridized carbons (Fsp3) is 0.182. The van der Waals surface area contributed by atoms with Gasteiger partial charge in [0.15, 0.2) is 0 Å². The maximum atomic E-state index is 8.54. The monoisotopic (exact) mass is 345 g/mol. The Bertz CT molecular complexity index is 858. The highest BCUT2D eigenvalue weighted by molar-refractivity contribution is 6.13. The van der Waals surface area contributed by atoms with Crippen LogP contribution < -0.4 is 10.1 Å². The van der Waals surface area contributed by atoms with Gasteiger partial charge in [-0.1, -0.05) is 30.3 Å². The highest BCUT2D eigenvalue weighted by Gasteiger charge is 2.12. The molecule has 0 spiro atoms. The lowest BCUT2D eigenvalue weighted by molar-refractivity contribution is 0.306. The maximum absolute atomic E-state index is 8.54. The lowest BCUT2D eigenvalue weighted by Crippen LogP contribution is -2.15. The average molecular weight is 345 g/mol.